The zero-order valence-corrected chi connectivity index (χ0v) is 26.5. The lowest BCUT2D eigenvalue weighted by Crippen LogP contribution is -2.70. The number of ether oxygens (including phenoxy) is 2. The van der Waals surface area contributed by atoms with Gasteiger partial charge in [0.15, 0.2) is 6.10 Å². The fourth-order valence-electron chi connectivity index (χ4n) is 5.64. The van der Waals surface area contributed by atoms with E-state index < -0.39 is 41.1 Å². The molecule has 1 aromatic heterocycles. The fraction of sp³-hybridized carbons (Fsp3) is 0.286. The van der Waals surface area contributed by atoms with Gasteiger partial charge in [0, 0.05) is 24.1 Å². The number of allylic oxidation sites excluding steroid dienone is 1. The Balaban J connectivity index is 1.34. The minimum Gasteiger partial charge on any atom is -0.448 e. The molecule has 2 fully saturated rings. The SMILES string of the molecule is CC(C)(C)OC(=O)N[C@@H]1C(=O)N2C(C(=O)OC(c3ccccc3)c3ccccc3)=C(/C=C3\CCN(c4cccnc4)C3=O)CS[C@H]12. The number of hydrogen-bond acceptors (Lipinski definition) is 8. The van der Waals surface area contributed by atoms with Crippen LogP contribution in [0.3, 0.4) is 0 Å². The third kappa shape index (κ3) is 6.41. The first-order chi connectivity index (χ1) is 22.1. The topological polar surface area (TPSA) is 118 Å². The van der Waals surface area contributed by atoms with Crippen molar-refractivity contribution in [3.8, 4) is 0 Å². The van der Waals surface area contributed by atoms with E-state index in [1.54, 1.807) is 50.2 Å². The van der Waals surface area contributed by atoms with Crippen molar-refractivity contribution in [3.05, 3.63) is 119 Å². The Kier molecular flexibility index (Phi) is 8.68. The number of alkyl carbamates (subject to hydrolysis) is 1. The summed E-state index contributed by atoms with van der Waals surface area (Å²) in [5.74, 6) is -1.03. The molecule has 4 heterocycles. The largest absolute Gasteiger partial charge is 0.448 e. The summed E-state index contributed by atoms with van der Waals surface area (Å²) in [4.78, 5) is 61.0. The molecule has 0 radical (unpaired) electrons. The van der Waals surface area contributed by atoms with E-state index in [0.717, 1.165) is 11.1 Å². The summed E-state index contributed by atoms with van der Waals surface area (Å²) >= 11 is 1.40. The minimum absolute atomic E-state index is 0.0629. The molecule has 3 amide bonds. The Hall–Kier alpha value is -4.90. The second kappa shape index (κ2) is 12.8. The van der Waals surface area contributed by atoms with Gasteiger partial charge < -0.3 is 19.7 Å². The quantitative estimate of drug-likeness (QED) is 0.215. The molecular formula is C35H34N4O6S. The molecule has 3 aromatic rings. The Morgan fingerprint density at radius 1 is 1.00 bits per heavy atom. The summed E-state index contributed by atoms with van der Waals surface area (Å²) in [6, 6.07) is 21.4. The van der Waals surface area contributed by atoms with E-state index in [4.69, 9.17) is 9.47 Å². The number of carbonyl (C=O) groups is 4. The molecular weight excluding hydrogens is 604 g/mol. The van der Waals surface area contributed by atoms with Crippen LogP contribution in [0, 0.1) is 0 Å². The van der Waals surface area contributed by atoms with E-state index in [-0.39, 0.29) is 11.6 Å². The molecule has 0 spiro atoms. The van der Waals surface area contributed by atoms with Crippen LogP contribution in [0.2, 0.25) is 0 Å². The number of nitrogens with one attached hydrogen (secondary N) is 1. The molecule has 11 heteroatoms. The van der Waals surface area contributed by atoms with Gasteiger partial charge in [0.05, 0.1) is 11.9 Å². The van der Waals surface area contributed by atoms with Crippen LogP contribution in [0.4, 0.5) is 10.5 Å². The molecule has 3 aliphatic rings. The van der Waals surface area contributed by atoms with Crippen LogP contribution in [0.5, 0.6) is 0 Å². The number of hydrogen-bond donors (Lipinski definition) is 1. The molecule has 2 aromatic carbocycles. The molecule has 2 atom stereocenters. The predicted molar refractivity (Wildman–Crippen MR) is 173 cm³/mol. The summed E-state index contributed by atoms with van der Waals surface area (Å²) in [5.41, 5.74) is 2.56. The van der Waals surface area contributed by atoms with Gasteiger partial charge in [0.2, 0.25) is 0 Å². The molecule has 46 heavy (non-hydrogen) atoms. The standard InChI is InChI=1S/C35H34N4O6S/c1-35(2,3)45-34(43)37-27-31(41)39-28(33(42)44-29(22-11-6-4-7-12-22)23-13-8-5-9-14-23)25(21-46-32(27)39)19-24-16-18-38(30(24)40)26-15-10-17-36-20-26/h4-15,17,19-20,27,29,32H,16,18,21H2,1-3H3,(H,37,43)/b24-19+/t27-,32-/m1/s1. The number of carbonyl (C=O) groups excluding carboxylic acids is 4. The normalized spacial score (nSPS) is 20.5. The van der Waals surface area contributed by atoms with Gasteiger partial charge in [-0.2, -0.15) is 0 Å². The monoisotopic (exact) mass is 638 g/mol. The van der Waals surface area contributed by atoms with E-state index in [2.05, 4.69) is 10.3 Å². The summed E-state index contributed by atoms with van der Waals surface area (Å²) in [6.45, 7) is 5.68. The van der Waals surface area contributed by atoms with Crippen LogP contribution >= 0.6 is 11.8 Å². The third-order valence-electron chi connectivity index (χ3n) is 7.72. The summed E-state index contributed by atoms with van der Waals surface area (Å²) < 4.78 is 11.6. The number of fused-ring (bicyclic) bond motifs is 1. The maximum Gasteiger partial charge on any atom is 0.408 e. The number of rotatable bonds is 7. The first-order valence-electron chi connectivity index (χ1n) is 15.0. The lowest BCUT2D eigenvalue weighted by molar-refractivity contribution is -0.153. The van der Waals surface area contributed by atoms with E-state index in [9.17, 15) is 19.2 Å². The molecule has 6 rings (SSSR count). The van der Waals surface area contributed by atoms with Crippen molar-refractivity contribution in [2.45, 2.75) is 50.3 Å². The lowest BCUT2D eigenvalue weighted by Gasteiger charge is -2.49. The lowest BCUT2D eigenvalue weighted by atomic mass is 10.00. The highest BCUT2D eigenvalue weighted by Gasteiger charge is 2.55. The van der Waals surface area contributed by atoms with Crippen LogP contribution in [0.1, 0.15) is 44.4 Å². The Morgan fingerprint density at radius 2 is 1.67 bits per heavy atom. The minimum atomic E-state index is -0.884. The van der Waals surface area contributed by atoms with E-state index >= 15 is 0 Å². The van der Waals surface area contributed by atoms with Crippen molar-refractivity contribution in [1.82, 2.24) is 15.2 Å². The number of anilines is 1. The molecule has 2 saturated heterocycles. The smallest absolute Gasteiger partial charge is 0.408 e. The van der Waals surface area contributed by atoms with Gasteiger partial charge >= 0.3 is 12.1 Å². The van der Waals surface area contributed by atoms with Gasteiger partial charge in [0.1, 0.15) is 22.7 Å². The Morgan fingerprint density at radius 3 is 2.28 bits per heavy atom. The number of aromatic nitrogens is 1. The number of β-lactam (4-membered cyclic amide) rings is 1. The summed E-state index contributed by atoms with van der Waals surface area (Å²) in [7, 11) is 0. The molecule has 10 nitrogen and oxygen atoms in total. The van der Waals surface area contributed by atoms with Crippen LogP contribution < -0.4 is 10.2 Å². The van der Waals surface area contributed by atoms with Crippen molar-refractivity contribution >= 4 is 41.3 Å². The number of pyridine rings is 1. The second-order valence-electron chi connectivity index (χ2n) is 12.1. The molecule has 0 aliphatic carbocycles. The van der Waals surface area contributed by atoms with Crippen LogP contribution in [-0.2, 0) is 23.9 Å². The number of benzene rings is 2. The van der Waals surface area contributed by atoms with Crippen molar-refractivity contribution in [2.24, 2.45) is 0 Å². The predicted octanol–water partition coefficient (Wildman–Crippen LogP) is 5.14. The zero-order chi connectivity index (χ0) is 32.4. The average Bonchev–Trinajstić information content (AvgIpc) is 3.41. The molecule has 0 bridgehead atoms. The van der Waals surface area contributed by atoms with E-state index in [1.165, 1.54) is 16.7 Å². The highest BCUT2D eigenvalue weighted by Crippen LogP contribution is 2.43. The number of amides is 3. The molecule has 1 N–H and O–H groups in total. The first-order valence-corrected chi connectivity index (χ1v) is 16.1. The summed E-state index contributed by atoms with van der Waals surface area (Å²) in [5, 5.41) is 2.11. The average molecular weight is 639 g/mol. The van der Waals surface area contributed by atoms with Gasteiger partial charge in [-0.3, -0.25) is 19.5 Å². The highest BCUT2D eigenvalue weighted by molar-refractivity contribution is 8.00. The molecule has 3 aliphatic heterocycles. The summed E-state index contributed by atoms with van der Waals surface area (Å²) in [6.07, 6.45) is 3.99. The Labute approximate surface area is 271 Å². The van der Waals surface area contributed by atoms with Crippen molar-refractivity contribution < 1.29 is 28.7 Å². The van der Waals surface area contributed by atoms with Gasteiger partial charge in [-0.05, 0) is 62.1 Å². The van der Waals surface area contributed by atoms with E-state index in [1.807, 2.05) is 66.7 Å². The van der Waals surface area contributed by atoms with Crippen LogP contribution in [0.25, 0.3) is 0 Å². The Bertz CT molecular complexity index is 1670. The highest BCUT2D eigenvalue weighted by atomic mass is 32.2. The molecule has 236 valence electrons. The maximum absolute atomic E-state index is 14.2. The third-order valence-corrected chi connectivity index (χ3v) is 9.03. The first kappa shape index (κ1) is 31.1. The van der Waals surface area contributed by atoms with E-state index in [0.29, 0.717) is 35.6 Å². The maximum atomic E-state index is 14.2. The van der Waals surface area contributed by atoms with Crippen LogP contribution in [0.15, 0.2) is 108 Å². The second-order valence-corrected chi connectivity index (χ2v) is 13.2. The molecule has 0 saturated carbocycles. The number of nitrogens with zero attached hydrogens (tertiary/aromatic N) is 3. The van der Waals surface area contributed by atoms with Crippen LogP contribution in [-0.4, -0.2) is 63.1 Å². The van der Waals surface area contributed by atoms with Gasteiger partial charge in [-0.1, -0.05) is 60.7 Å². The number of esters is 1. The number of thioether (sulfide) groups is 1. The van der Waals surface area contributed by atoms with Crippen molar-refractivity contribution in [3.63, 3.8) is 0 Å². The van der Waals surface area contributed by atoms with Crippen molar-refractivity contribution in [1.29, 1.82) is 0 Å². The van der Waals surface area contributed by atoms with Gasteiger partial charge in [-0.25, -0.2) is 9.59 Å². The molecule has 0 unspecified atom stereocenters. The zero-order valence-electron chi connectivity index (χ0n) is 25.7. The van der Waals surface area contributed by atoms with Gasteiger partial charge in [0.25, 0.3) is 11.8 Å². The van der Waals surface area contributed by atoms with Gasteiger partial charge in [-0.15, -0.1) is 11.8 Å². The van der Waals surface area contributed by atoms with Crippen molar-refractivity contribution in [2.75, 3.05) is 17.2 Å². The fourth-order valence-corrected chi connectivity index (χ4v) is 6.95.